The van der Waals surface area contributed by atoms with Crippen molar-refractivity contribution in [1.29, 1.82) is 5.41 Å². The van der Waals surface area contributed by atoms with Gasteiger partial charge in [-0.25, -0.2) is 0 Å². The molecule has 1 aromatic heterocycles. The third kappa shape index (κ3) is 3.80. The molecule has 0 amide bonds. The minimum atomic E-state index is -0.965. The lowest BCUT2D eigenvalue weighted by atomic mass is 10.2. The van der Waals surface area contributed by atoms with Crippen molar-refractivity contribution in [2.24, 2.45) is 0 Å². The van der Waals surface area contributed by atoms with Gasteiger partial charge in [0.05, 0.1) is 6.61 Å². The molecule has 0 fully saturated rings. The first-order valence-corrected chi connectivity index (χ1v) is 6.58. The van der Waals surface area contributed by atoms with Crippen molar-refractivity contribution in [3.63, 3.8) is 0 Å². The molecule has 0 radical (unpaired) electrons. The first-order valence-electron chi connectivity index (χ1n) is 5.77. The molecule has 2 rings (SSSR count). The van der Waals surface area contributed by atoms with Crippen molar-refractivity contribution in [2.75, 3.05) is 6.61 Å². The average molecular weight is 298 g/mol. The fourth-order valence-corrected chi connectivity index (χ4v) is 2.62. The lowest BCUT2D eigenvalue weighted by molar-refractivity contribution is 0.193. The smallest absolute Gasteiger partial charge is 0.215 e. The van der Waals surface area contributed by atoms with E-state index in [-0.39, 0.29) is 18.3 Å². The van der Waals surface area contributed by atoms with Crippen LogP contribution in [0.5, 0.6) is 0 Å². The Morgan fingerprint density at radius 1 is 1.26 bits per heavy atom. The highest BCUT2D eigenvalue weighted by molar-refractivity contribution is 7.15. The van der Waals surface area contributed by atoms with Crippen molar-refractivity contribution < 1.29 is 9.84 Å². The number of ether oxygens (including phenoxy) is 1. The highest BCUT2D eigenvalue weighted by Gasteiger charge is 2.17. The molecule has 1 aromatic carbocycles. The van der Waals surface area contributed by atoms with Crippen LogP contribution in [0.3, 0.4) is 0 Å². The Morgan fingerprint density at radius 3 is 2.58 bits per heavy atom. The van der Waals surface area contributed by atoms with Crippen molar-refractivity contribution in [2.45, 2.75) is 13.0 Å². The largest absolute Gasteiger partial charge is 0.479 e. The van der Waals surface area contributed by atoms with Gasteiger partial charge in [-0.05, 0) is 24.6 Å². The summed E-state index contributed by atoms with van der Waals surface area (Å²) in [6.07, 6.45) is -0.965. The molecule has 1 unspecified atom stereocenters. The van der Waals surface area contributed by atoms with Crippen molar-refractivity contribution in [3.8, 4) is 10.4 Å². The Bertz CT molecular complexity index is 527. The van der Waals surface area contributed by atoms with Gasteiger partial charge in [-0.2, -0.15) is 0 Å². The van der Waals surface area contributed by atoms with Crippen LogP contribution in [-0.4, -0.2) is 17.6 Å². The summed E-state index contributed by atoms with van der Waals surface area (Å²) < 4.78 is 5.01. The van der Waals surface area contributed by atoms with Crippen LogP contribution in [0.2, 0.25) is 0 Å². The molecule has 0 saturated carbocycles. The fraction of sp³-hybridized carbons (Fsp3) is 0.214. The summed E-state index contributed by atoms with van der Waals surface area (Å²) in [4.78, 5) is 1.81. The number of halogens is 1. The SMILES string of the molecule is CCOC(=N)C(O)c1ccc(-c2ccccc2)s1.Cl. The molecular weight excluding hydrogens is 282 g/mol. The first kappa shape index (κ1) is 15.7. The maximum Gasteiger partial charge on any atom is 0.215 e. The molecule has 2 aromatic rings. The number of aliphatic hydroxyl groups is 1. The molecule has 0 saturated heterocycles. The summed E-state index contributed by atoms with van der Waals surface area (Å²) >= 11 is 1.48. The summed E-state index contributed by atoms with van der Waals surface area (Å²) in [6.45, 7) is 2.19. The van der Waals surface area contributed by atoms with Crippen molar-refractivity contribution in [3.05, 3.63) is 47.3 Å². The molecule has 19 heavy (non-hydrogen) atoms. The summed E-state index contributed by atoms with van der Waals surface area (Å²) in [7, 11) is 0. The lowest BCUT2D eigenvalue weighted by Crippen LogP contribution is -2.13. The Balaban J connectivity index is 0.00000180. The molecule has 0 aliphatic heterocycles. The van der Waals surface area contributed by atoms with Crippen LogP contribution < -0.4 is 0 Å². The summed E-state index contributed by atoms with van der Waals surface area (Å²) in [6, 6.07) is 13.8. The standard InChI is InChI=1S/C14H15NO2S.ClH/c1-2-17-14(15)13(16)12-9-8-11(18-12)10-6-4-3-5-7-10;/h3-9,13,15-16H,2H2,1H3;1H. The van der Waals surface area contributed by atoms with Gasteiger partial charge < -0.3 is 9.84 Å². The van der Waals surface area contributed by atoms with Gasteiger partial charge in [0, 0.05) is 9.75 Å². The van der Waals surface area contributed by atoms with Gasteiger partial charge in [0.15, 0.2) is 6.10 Å². The quantitative estimate of drug-likeness (QED) is 0.664. The van der Waals surface area contributed by atoms with Crippen LogP contribution in [0.25, 0.3) is 10.4 Å². The van der Waals surface area contributed by atoms with Crippen molar-refractivity contribution >= 4 is 29.6 Å². The number of hydrogen-bond acceptors (Lipinski definition) is 4. The normalized spacial score (nSPS) is 11.5. The Kier molecular flexibility index (Phi) is 6.02. The number of benzene rings is 1. The maximum atomic E-state index is 9.94. The molecule has 0 bridgehead atoms. The van der Waals surface area contributed by atoms with E-state index < -0.39 is 6.10 Å². The fourth-order valence-electron chi connectivity index (χ4n) is 1.62. The van der Waals surface area contributed by atoms with Gasteiger partial charge in [0.1, 0.15) is 0 Å². The van der Waals surface area contributed by atoms with Crippen LogP contribution in [-0.2, 0) is 4.74 Å². The highest BCUT2D eigenvalue weighted by Crippen LogP contribution is 2.31. The third-order valence-electron chi connectivity index (χ3n) is 2.50. The van der Waals surface area contributed by atoms with Crippen molar-refractivity contribution in [1.82, 2.24) is 0 Å². The minimum absolute atomic E-state index is 0. The molecule has 2 N–H and O–H groups in total. The molecule has 5 heteroatoms. The predicted octanol–water partition coefficient (Wildman–Crippen LogP) is 3.88. The third-order valence-corrected chi connectivity index (χ3v) is 3.69. The van der Waals surface area contributed by atoms with Gasteiger partial charge in [-0.15, -0.1) is 23.7 Å². The van der Waals surface area contributed by atoms with E-state index in [0.29, 0.717) is 6.61 Å². The van der Waals surface area contributed by atoms with E-state index in [9.17, 15) is 5.11 Å². The monoisotopic (exact) mass is 297 g/mol. The Labute approximate surface area is 122 Å². The van der Waals surface area contributed by atoms with E-state index >= 15 is 0 Å². The second-order valence-electron chi connectivity index (χ2n) is 3.77. The van der Waals surface area contributed by atoms with E-state index in [0.717, 1.165) is 15.3 Å². The van der Waals surface area contributed by atoms with Gasteiger partial charge in [0.25, 0.3) is 0 Å². The highest BCUT2D eigenvalue weighted by atomic mass is 35.5. The minimum Gasteiger partial charge on any atom is -0.479 e. The van der Waals surface area contributed by atoms with Gasteiger partial charge in [-0.1, -0.05) is 30.3 Å². The second-order valence-corrected chi connectivity index (χ2v) is 4.88. The van der Waals surface area contributed by atoms with E-state index in [1.54, 1.807) is 6.92 Å². The molecular formula is C14H16ClNO2S. The van der Waals surface area contributed by atoms with E-state index in [1.165, 1.54) is 11.3 Å². The zero-order valence-corrected chi connectivity index (χ0v) is 12.1. The number of nitrogens with one attached hydrogen (secondary N) is 1. The Hall–Kier alpha value is -1.36. The topological polar surface area (TPSA) is 53.3 Å². The van der Waals surface area contributed by atoms with E-state index in [1.807, 2.05) is 42.5 Å². The van der Waals surface area contributed by atoms with Crippen LogP contribution in [0.4, 0.5) is 0 Å². The van der Waals surface area contributed by atoms with Crippen LogP contribution >= 0.6 is 23.7 Å². The van der Waals surface area contributed by atoms with Crippen LogP contribution in [0, 0.1) is 5.41 Å². The van der Waals surface area contributed by atoms with E-state index in [2.05, 4.69) is 0 Å². The molecule has 3 nitrogen and oxygen atoms in total. The van der Waals surface area contributed by atoms with E-state index in [4.69, 9.17) is 10.1 Å². The van der Waals surface area contributed by atoms with Gasteiger partial charge in [0.2, 0.25) is 5.90 Å². The zero-order valence-electron chi connectivity index (χ0n) is 10.5. The number of hydrogen-bond donors (Lipinski definition) is 2. The number of thiophene rings is 1. The molecule has 0 spiro atoms. The first-order chi connectivity index (χ1) is 8.72. The number of rotatable bonds is 4. The second kappa shape index (κ2) is 7.28. The van der Waals surface area contributed by atoms with Gasteiger partial charge in [-0.3, -0.25) is 5.41 Å². The molecule has 102 valence electrons. The molecule has 1 atom stereocenters. The maximum absolute atomic E-state index is 9.94. The summed E-state index contributed by atoms with van der Waals surface area (Å²) in [5.74, 6) is -0.0982. The van der Waals surface area contributed by atoms with Crippen LogP contribution in [0.1, 0.15) is 17.9 Å². The summed E-state index contributed by atoms with van der Waals surface area (Å²) in [5.41, 5.74) is 1.11. The zero-order chi connectivity index (χ0) is 13.0. The number of aliphatic hydroxyl groups excluding tert-OH is 1. The molecule has 0 aliphatic rings. The van der Waals surface area contributed by atoms with Gasteiger partial charge >= 0.3 is 0 Å². The summed E-state index contributed by atoms with van der Waals surface area (Å²) in [5, 5.41) is 17.5. The van der Waals surface area contributed by atoms with Crippen LogP contribution in [0.15, 0.2) is 42.5 Å². The average Bonchev–Trinajstić information content (AvgIpc) is 2.89. The lowest BCUT2D eigenvalue weighted by Gasteiger charge is -2.09. The Morgan fingerprint density at radius 2 is 1.95 bits per heavy atom. The molecule has 0 aliphatic carbocycles. The predicted molar refractivity (Wildman–Crippen MR) is 81.3 cm³/mol. The molecule has 1 heterocycles.